The molecule has 2 heterocycles. The molecule has 0 aliphatic rings. The maximum absolute atomic E-state index is 12.1. The number of aryl methyl sites for hydroxylation is 1. The van der Waals surface area contributed by atoms with E-state index in [-0.39, 0.29) is 5.91 Å². The van der Waals surface area contributed by atoms with Crippen molar-refractivity contribution >= 4 is 16.8 Å². The van der Waals surface area contributed by atoms with Crippen molar-refractivity contribution in [2.75, 3.05) is 7.11 Å². The Morgan fingerprint density at radius 2 is 2.14 bits per heavy atom. The van der Waals surface area contributed by atoms with Crippen LogP contribution < -0.4 is 10.1 Å². The number of methoxy groups -OCH3 is 1. The van der Waals surface area contributed by atoms with Crippen molar-refractivity contribution in [2.24, 2.45) is 0 Å². The number of rotatable bonds is 4. The minimum atomic E-state index is -0.272. The van der Waals surface area contributed by atoms with Crippen molar-refractivity contribution in [3.05, 3.63) is 47.3 Å². The Hall–Kier alpha value is -2.96. The quantitative estimate of drug-likeness (QED) is 0.763. The van der Waals surface area contributed by atoms with Gasteiger partial charge >= 0.3 is 0 Å². The Balaban J connectivity index is 1.87. The molecule has 0 saturated carbocycles. The molecule has 0 radical (unpaired) electrons. The van der Waals surface area contributed by atoms with Gasteiger partial charge in [0.05, 0.1) is 18.3 Å². The number of aromatic amines is 1. The number of hydrogen-bond donors (Lipinski definition) is 2. The summed E-state index contributed by atoms with van der Waals surface area (Å²) in [4.78, 5) is 16.5. The molecule has 1 aromatic carbocycles. The number of ether oxygens (including phenoxy) is 1. The second-order valence-electron chi connectivity index (χ2n) is 4.78. The number of fused-ring (bicyclic) bond motifs is 1. The summed E-state index contributed by atoms with van der Waals surface area (Å²) in [5.74, 6) is 0.242. The Kier molecular flexibility index (Phi) is 3.69. The molecule has 1 amide bonds. The number of pyridine rings is 1. The molecule has 0 unspecified atom stereocenters. The van der Waals surface area contributed by atoms with Gasteiger partial charge in [-0.3, -0.25) is 4.79 Å². The van der Waals surface area contributed by atoms with E-state index in [1.165, 1.54) is 0 Å². The molecule has 3 rings (SSSR count). The van der Waals surface area contributed by atoms with E-state index in [0.29, 0.717) is 23.8 Å². The highest BCUT2D eigenvalue weighted by atomic mass is 16.5. The van der Waals surface area contributed by atoms with Gasteiger partial charge in [-0.05, 0) is 18.6 Å². The fourth-order valence-corrected chi connectivity index (χ4v) is 2.23. The predicted octanol–water partition coefficient (Wildman–Crippen LogP) is 1.60. The highest BCUT2D eigenvalue weighted by Gasteiger charge is 2.14. The zero-order valence-electron chi connectivity index (χ0n) is 12.3. The lowest BCUT2D eigenvalue weighted by atomic mass is 10.1. The fraction of sp³-hybridized carbons (Fsp3) is 0.200. The molecule has 0 saturated heterocycles. The average Bonchev–Trinajstić information content (AvgIpc) is 2.98. The van der Waals surface area contributed by atoms with Gasteiger partial charge in [-0.1, -0.05) is 18.2 Å². The van der Waals surface area contributed by atoms with Crippen LogP contribution in [0.3, 0.4) is 0 Å². The van der Waals surface area contributed by atoms with E-state index >= 15 is 0 Å². The number of carbonyl (C=O) groups is 1. The van der Waals surface area contributed by atoms with Crippen LogP contribution in [0.2, 0.25) is 0 Å². The van der Waals surface area contributed by atoms with Crippen LogP contribution in [-0.4, -0.2) is 33.4 Å². The van der Waals surface area contributed by atoms with Gasteiger partial charge in [0, 0.05) is 18.0 Å². The maximum atomic E-state index is 12.1. The SMILES string of the molecule is COc1cc(CNC(=O)c2n[nH]nc2C)c2ccccc2n1. The first-order valence-electron chi connectivity index (χ1n) is 6.77. The topological polar surface area (TPSA) is 92.8 Å². The molecular formula is C15H15N5O2. The van der Waals surface area contributed by atoms with E-state index in [2.05, 4.69) is 25.7 Å². The number of nitrogens with one attached hydrogen (secondary N) is 2. The molecule has 0 fully saturated rings. The molecule has 0 aliphatic heterocycles. The number of hydrogen-bond acceptors (Lipinski definition) is 5. The Labute approximate surface area is 126 Å². The number of benzene rings is 1. The minimum Gasteiger partial charge on any atom is -0.481 e. The summed E-state index contributed by atoms with van der Waals surface area (Å²) in [5, 5.41) is 13.9. The number of amides is 1. The first-order valence-corrected chi connectivity index (χ1v) is 6.77. The monoisotopic (exact) mass is 297 g/mol. The van der Waals surface area contributed by atoms with Gasteiger partial charge < -0.3 is 10.1 Å². The van der Waals surface area contributed by atoms with Crippen LogP contribution in [0.4, 0.5) is 0 Å². The molecular weight excluding hydrogens is 282 g/mol. The van der Waals surface area contributed by atoms with Crippen molar-refractivity contribution in [3.8, 4) is 5.88 Å². The van der Waals surface area contributed by atoms with E-state index in [0.717, 1.165) is 16.5 Å². The van der Waals surface area contributed by atoms with E-state index < -0.39 is 0 Å². The molecule has 2 aromatic heterocycles. The maximum Gasteiger partial charge on any atom is 0.274 e. The Bertz CT molecular complexity index is 828. The van der Waals surface area contributed by atoms with Crippen molar-refractivity contribution in [1.29, 1.82) is 0 Å². The third-order valence-electron chi connectivity index (χ3n) is 3.36. The standard InChI is InChI=1S/C15H15N5O2/c1-9-14(19-20-18-9)15(21)16-8-10-7-13(22-2)17-12-6-4-3-5-11(10)12/h3-7H,8H2,1-2H3,(H,16,21)(H,18,19,20). The third kappa shape index (κ3) is 2.60. The van der Waals surface area contributed by atoms with Crippen LogP contribution in [-0.2, 0) is 6.54 Å². The van der Waals surface area contributed by atoms with Crippen molar-refractivity contribution in [3.63, 3.8) is 0 Å². The molecule has 0 spiro atoms. The summed E-state index contributed by atoms with van der Waals surface area (Å²) < 4.78 is 5.21. The highest BCUT2D eigenvalue weighted by Crippen LogP contribution is 2.21. The predicted molar refractivity (Wildman–Crippen MR) is 80.6 cm³/mol. The van der Waals surface area contributed by atoms with Crippen LogP contribution in [0.5, 0.6) is 5.88 Å². The molecule has 7 heteroatoms. The average molecular weight is 297 g/mol. The van der Waals surface area contributed by atoms with Crippen LogP contribution in [0, 0.1) is 6.92 Å². The summed E-state index contributed by atoms with van der Waals surface area (Å²) in [7, 11) is 1.57. The molecule has 112 valence electrons. The summed E-state index contributed by atoms with van der Waals surface area (Å²) >= 11 is 0. The number of aromatic nitrogens is 4. The fourth-order valence-electron chi connectivity index (χ4n) is 2.23. The van der Waals surface area contributed by atoms with E-state index in [1.54, 1.807) is 14.0 Å². The minimum absolute atomic E-state index is 0.272. The molecule has 0 bridgehead atoms. The largest absolute Gasteiger partial charge is 0.481 e. The normalized spacial score (nSPS) is 10.6. The number of para-hydroxylation sites is 1. The second-order valence-corrected chi connectivity index (χ2v) is 4.78. The lowest BCUT2D eigenvalue weighted by molar-refractivity contribution is 0.0945. The van der Waals surface area contributed by atoms with Gasteiger partial charge in [-0.25, -0.2) is 4.98 Å². The van der Waals surface area contributed by atoms with Crippen LogP contribution in [0.15, 0.2) is 30.3 Å². The van der Waals surface area contributed by atoms with Crippen LogP contribution in [0.1, 0.15) is 21.7 Å². The second kappa shape index (κ2) is 5.80. The van der Waals surface area contributed by atoms with Crippen LogP contribution in [0.25, 0.3) is 10.9 Å². The van der Waals surface area contributed by atoms with Gasteiger partial charge in [0.15, 0.2) is 5.69 Å². The molecule has 0 aliphatic carbocycles. The highest BCUT2D eigenvalue weighted by molar-refractivity contribution is 5.93. The van der Waals surface area contributed by atoms with Gasteiger partial charge in [0.25, 0.3) is 5.91 Å². The summed E-state index contributed by atoms with van der Waals surface area (Å²) in [6, 6.07) is 9.54. The van der Waals surface area contributed by atoms with E-state index in [9.17, 15) is 4.79 Å². The zero-order valence-corrected chi connectivity index (χ0v) is 12.3. The first kappa shape index (κ1) is 14.0. The number of nitrogens with zero attached hydrogens (tertiary/aromatic N) is 3. The van der Waals surface area contributed by atoms with Crippen LogP contribution >= 0.6 is 0 Å². The van der Waals surface area contributed by atoms with Crippen molar-refractivity contribution in [2.45, 2.75) is 13.5 Å². The summed E-state index contributed by atoms with van der Waals surface area (Å²) in [5.41, 5.74) is 2.61. The molecule has 3 aromatic rings. The summed E-state index contributed by atoms with van der Waals surface area (Å²) in [6.07, 6.45) is 0. The van der Waals surface area contributed by atoms with Crippen molar-refractivity contribution in [1.82, 2.24) is 25.7 Å². The van der Waals surface area contributed by atoms with Gasteiger partial charge in [0.1, 0.15) is 0 Å². The third-order valence-corrected chi connectivity index (χ3v) is 3.36. The number of H-pyrrole nitrogens is 1. The first-order chi connectivity index (χ1) is 10.7. The Morgan fingerprint density at radius 1 is 1.32 bits per heavy atom. The van der Waals surface area contributed by atoms with Gasteiger partial charge in [-0.15, -0.1) is 0 Å². The van der Waals surface area contributed by atoms with E-state index in [1.807, 2.05) is 30.3 Å². The lowest BCUT2D eigenvalue weighted by Gasteiger charge is -2.09. The van der Waals surface area contributed by atoms with Gasteiger partial charge in [0.2, 0.25) is 5.88 Å². The smallest absolute Gasteiger partial charge is 0.274 e. The number of carbonyl (C=O) groups excluding carboxylic acids is 1. The Morgan fingerprint density at radius 3 is 2.86 bits per heavy atom. The zero-order chi connectivity index (χ0) is 15.5. The lowest BCUT2D eigenvalue weighted by Crippen LogP contribution is -2.24. The van der Waals surface area contributed by atoms with Gasteiger partial charge in [-0.2, -0.15) is 15.4 Å². The van der Waals surface area contributed by atoms with E-state index in [4.69, 9.17) is 4.74 Å². The van der Waals surface area contributed by atoms with Crippen molar-refractivity contribution < 1.29 is 9.53 Å². The molecule has 0 atom stereocenters. The molecule has 2 N–H and O–H groups in total. The summed E-state index contributed by atoms with van der Waals surface area (Å²) in [6.45, 7) is 2.08. The molecule has 22 heavy (non-hydrogen) atoms. The molecule has 7 nitrogen and oxygen atoms in total.